The predicted octanol–water partition coefficient (Wildman–Crippen LogP) is 3.42. The summed E-state index contributed by atoms with van der Waals surface area (Å²) in [5.74, 6) is -2.22. The number of halogens is 4. The number of benzene rings is 1. The van der Waals surface area contributed by atoms with Gasteiger partial charge in [-0.1, -0.05) is 15.9 Å². The van der Waals surface area contributed by atoms with Gasteiger partial charge in [0.1, 0.15) is 18.3 Å². The highest BCUT2D eigenvalue weighted by atomic mass is 79.9. The molecule has 0 bridgehead atoms. The first-order valence-corrected chi connectivity index (χ1v) is 14.4. The Morgan fingerprint density at radius 3 is 2.41 bits per heavy atom. The number of hydrogen-bond donors (Lipinski definition) is 3. The van der Waals surface area contributed by atoms with Crippen molar-refractivity contribution < 1.29 is 37.2 Å². The van der Waals surface area contributed by atoms with E-state index in [1.807, 2.05) is 5.32 Å². The second-order valence-corrected chi connectivity index (χ2v) is 11.6. The van der Waals surface area contributed by atoms with Gasteiger partial charge in [-0.3, -0.25) is 29.5 Å². The van der Waals surface area contributed by atoms with Crippen LogP contribution in [-0.2, 0) is 9.53 Å². The number of nitrogens with one attached hydrogen (secondary N) is 3. The molecule has 3 amide bonds. The number of likely N-dealkylation sites (tertiary alicyclic amines) is 1. The highest BCUT2D eigenvalue weighted by Gasteiger charge is 2.42. The summed E-state index contributed by atoms with van der Waals surface area (Å²) < 4.78 is 44.7. The monoisotopic (exact) mass is 685 g/mol. The summed E-state index contributed by atoms with van der Waals surface area (Å²) in [5, 5.41) is 19.8. The van der Waals surface area contributed by atoms with E-state index >= 15 is 0 Å². The number of amides is 3. The van der Waals surface area contributed by atoms with Crippen LogP contribution in [0.2, 0.25) is 0 Å². The Morgan fingerprint density at radius 1 is 1.11 bits per heavy atom. The summed E-state index contributed by atoms with van der Waals surface area (Å²) in [4.78, 5) is 58.3. The zero-order valence-corrected chi connectivity index (χ0v) is 25.6. The van der Waals surface area contributed by atoms with Crippen LogP contribution in [0.4, 0.5) is 30.2 Å². The van der Waals surface area contributed by atoms with Gasteiger partial charge in [-0.25, -0.2) is 0 Å². The fourth-order valence-corrected chi connectivity index (χ4v) is 5.80. The number of aromatic nitrogens is 1. The molecule has 0 spiro atoms. The zero-order valence-electron chi connectivity index (χ0n) is 24.0. The molecule has 13 nitrogen and oxygen atoms in total. The number of nitrogens with zero attached hydrogens (tertiary/aromatic N) is 4. The number of nitro groups is 1. The molecule has 0 saturated carbocycles. The van der Waals surface area contributed by atoms with Gasteiger partial charge in [0.15, 0.2) is 0 Å². The van der Waals surface area contributed by atoms with Crippen LogP contribution in [0, 0.1) is 10.1 Å². The number of anilines is 2. The lowest BCUT2D eigenvalue weighted by Gasteiger charge is -2.35. The molecule has 238 valence electrons. The van der Waals surface area contributed by atoms with Crippen molar-refractivity contribution in [3.05, 3.63) is 56.3 Å². The molecule has 3 heterocycles. The van der Waals surface area contributed by atoms with Crippen LogP contribution in [0.15, 0.2) is 35.1 Å². The maximum Gasteiger partial charge on any atom is 0.405 e. The van der Waals surface area contributed by atoms with Gasteiger partial charge < -0.3 is 30.5 Å². The molecule has 44 heavy (non-hydrogen) atoms. The third-order valence-electron chi connectivity index (χ3n) is 7.17. The Kier molecular flexibility index (Phi) is 9.98. The molecule has 17 heteroatoms. The standard InChI is InChI=1S/C27H31BrF3N7O6/c1-14-10-36(11-15(2)44-14)26(41)20-5-17(28)6-21(38(42)43)23(20)35-19-7-22(24(39)34-13-27(29,30)31)37(12-19)25(40)16-4-18(32-3)9-33-8-16/h4-6,8-9,14-15,19,22,32,35H,7,10-13H2,1-3H3,(H,34,39)/t14-,15+,19-,22?/m1/s1. The van der Waals surface area contributed by atoms with Crippen LogP contribution in [0.3, 0.4) is 0 Å². The maximum atomic E-state index is 13.7. The first-order valence-electron chi connectivity index (χ1n) is 13.6. The number of pyridine rings is 1. The summed E-state index contributed by atoms with van der Waals surface area (Å²) in [5.41, 5.74) is -0.0371. The topological polar surface area (TPSA) is 159 Å². The molecule has 2 aliphatic heterocycles. The van der Waals surface area contributed by atoms with E-state index in [2.05, 4.69) is 31.5 Å². The van der Waals surface area contributed by atoms with Crippen molar-refractivity contribution in [3.63, 3.8) is 0 Å². The molecule has 2 saturated heterocycles. The van der Waals surface area contributed by atoms with Crippen molar-refractivity contribution in [1.29, 1.82) is 0 Å². The number of hydrogen-bond acceptors (Lipinski definition) is 9. The third-order valence-corrected chi connectivity index (χ3v) is 7.62. The molecule has 2 aliphatic rings. The van der Waals surface area contributed by atoms with Crippen LogP contribution in [0.25, 0.3) is 0 Å². The van der Waals surface area contributed by atoms with Crippen molar-refractivity contribution in [2.75, 3.05) is 43.9 Å². The summed E-state index contributed by atoms with van der Waals surface area (Å²) >= 11 is 3.24. The Morgan fingerprint density at radius 2 is 1.80 bits per heavy atom. The predicted molar refractivity (Wildman–Crippen MR) is 156 cm³/mol. The SMILES string of the molecule is CNc1cncc(C(=O)N2C[C@H](Nc3c(C(=O)N4C[C@@H](C)O[C@@H](C)C4)cc(Br)cc3[N+](=O)[O-])CC2C(=O)NCC(F)(F)F)c1. The number of rotatable bonds is 8. The molecular formula is C27H31BrF3N7O6. The zero-order chi connectivity index (χ0) is 32.3. The minimum Gasteiger partial charge on any atom is -0.387 e. The lowest BCUT2D eigenvalue weighted by atomic mass is 10.1. The van der Waals surface area contributed by atoms with Gasteiger partial charge in [0.25, 0.3) is 17.5 Å². The molecule has 2 aromatic rings. The molecule has 0 aliphatic carbocycles. The Hall–Kier alpha value is -3.99. The fraction of sp³-hybridized carbons (Fsp3) is 0.481. The van der Waals surface area contributed by atoms with E-state index in [1.54, 1.807) is 20.9 Å². The van der Waals surface area contributed by atoms with E-state index in [0.717, 1.165) is 4.90 Å². The van der Waals surface area contributed by atoms with E-state index < -0.39 is 53.1 Å². The van der Waals surface area contributed by atoms with Gasteiger partial charge >= 0.3 is 6.18 Å². The Labute approximate surface area is 258 Å². The molecule has 1 aromatic heterocycles. The molecule has 0 radical (unpaired) electrons. The lowest BCUT2D eigenvalue weighted by molar-refractivity contribution is -0.384. The van der Waals surface area contributed by atoms with Crippen LogP contribution in [0.5, 0.6) is 0 Å². The number of carbonyl (C=O) groups excluding carboxylic acids is 3. The molecule has 4 atom stereocenters. The second-order valence-electron chi connectivity index (χ2n) is 10.7. The second kappa shape index (κ2) is 13.3. The first kappa shape index (κ1) is 32.9. The molecule has 3 N–H and O–H groups in total. The number of nitro benzene ring substituents is 1. The van der Waals surface area contributed by atoms with Crippen LogP contribution in [-0.4, -0.2) is 101 Å². The van der Waals surface area contributed by atoms with Crippen molar-refractivity contribution in [2.24, 2.45) is 0 Å². The average Bonchev–Trinajstić information content (AvgIpc) is 3.38. The first-order chi connectivity index (χ1) is 20.7. The van der Waals surface area contributed by atoms with E-state index in [4.69, 9.17) is 4.74 Å². The number of morpholine rings is 1. The largest absolute Gasteiger partial charge is 0.405 e. The minimum absolute atomic E-state index is 0.0267. The molecule has 2 fully saturated rings. The van der Waals surface area contributed by atoms with Crippen molar-refractivity contribution in [1.82, 2.24) is 20.1 Å². The van der Waals surface area contributed by atoms with Gasteiger partial charge in [-0.2, -0.15) is 13.2 Å². The fourth-order valence-electron chi connectivity index (χ4n) is 5.35. The van der Waals surface area contributed by atoms with E-state index in [9.17, 15) is 37.7 Å². The van der Waals surface area contributed by atoms with Gasteiger partial charge in [-0.05, 0) is 32.4 Å². The molecule has 4 rings (SSSR count). The van der Waals surface area contributed by atoms with Gasteiger partial charge in [0.05, 0.1) is 33.9 Å². The Balaban J connectivity index is 1.68. The third kappa shape index (κ3) is 7.74. The minimum atomic E-state index is -4.69. The van der Waals surface area contributed by atoms with Crippen molar-refractivity contribution in [3.8, 4) is 0 Å². The van der Waals surface area contributed by atoms with E-state index in [0.29, 0.717) is 5.69 Å². The lowest BCUT2D eigenvalue weighted by Crippen LogP contribution is -2.48. The van der Waals surface area contributed by atoms with E-state index in [1.165, 1.54) is 35.5 Å². The summed E-state index contributed by atoms with van der Waals surface area (Å²) in [6.07, 6.45) is -2.71. The van der Waals surface area contributed by atoms with Gasteiger partial charge in [0.2, 0.25) is 5.91 Å². The van der Waals surface area contributed by atoms with Crippen molar-refractivity contribution >= 4 is 50.7 Å². The van der Waals surface area contributed by atoms with Gasteiger partial charge in [-0.15, -0.1) is 0 Å². The quantitative estimate of drug-likeness (QED) is 0.280. The number of ether oxygens (including phenoxy) is 1. The number of carbonyl (C=O) groups is 3. The maximum absolute atomic E-state index is 13.7. The number of alkyl halides is 3. The summed E-state index contributed by atoms with van der Waals surface area (Å²) in [7, 11) is 1.61. The summed E-state index contributed by atoms with van der Waals surface area (Å²) in [6, 6.07) is 1.92. The van der Waals surface area contributed by atoms with Gasteiger partial charge in [0, 0.05) is 55.7 Å². The summed E-state index contributed by atoms with van der Waals surface area (Å²) in [6.45, 7) is 2.28. The molecule has 1 aromatic carbocycles. The smallest absolute Gasteiger partial charge is 0.387 e. The van der Waals surface area contributed by atoms with Crippen LogP contribution in [0.1, 0.15) is 41.0 Å². The average molecular weight is 686 g/mol. The Bertz CT molecular complexity index is 1440. The van der Waals surface area contributed by atoms with Crippen LogP contribution < -0.4 is 16.0 Å². The normalized spacial score (nSPS) is 22.0. The van der Waals surface area contributed by atoms with Crippen molar-refractivity contribution in [2.45, 2.75) is 50.7 Å². The molecular weight excluding hydrogens is 655 g/mol. The highest BCUT2D eigenvalue weighted by molar-refractivity contribution is 9.10. The van der Waals surface area contributed by atoms with E-state index in [-0.39, 0.29) is 59.6 Å². The highest BCUT2D eigenvalue weighted by Crippen LogP contribution is 2.36. The van der Waals surface area contributed by atoms with Crippen LogP contribution >= 0.6 is 15.9 Å². The molecule has 1 unspecified atom stereocenters.